The Hall–Kier alpha value is -2.56. The van der Waals surface area contributed by atoms with Gasteiger partial charge in [-0.25, -0.2) is 4.39 Å². The van der Waals surface area contributed by atoms with Crippen molar-refractivity contribution in [2.45, 2.75) is 0 Å². The molecule has 2 aromatic carbocycles. The van der Waals surface area contributed by atoms with Crippen molar-refractivity contribution in [1.29, 1.82) is 0 Å². The molecule has 0 unspecified atom stereocenters. The number of fused-ring (bicyclic) bond motifs is 1. The first-order chi connectivity index (χ1) is 9.66. The molecule has 3 rings (SSSR count). The molecule has 1 aliphatic rings. The largest absolute Gasteiger partial charge is 0.490 e. The molecule has 0 saturated heterocycles. The third kappa shape index (κ3) is 2.07. The Morgan fingerprint density at radius 1 is 1.25 bits per heavy atom. The molecule has 1 amide bonds. The molecule has 2 N–H and O–H groups in total. The number of hydrogen-bond acceptors (Lipinski definition) is 3. The minimum atomic E-state index is -0.482. The Kier molecular flexibility index (Phi) is 3.02. The van der Waals surface area contributed by atoms with Crippen molar-refractivity contribution in [3.8, 4) is 5.75 Å². The number of carbonyl (C=O) groups is 1. The molecule has 0 aromatic heterocycles. The highest BCUT2D eigenvalue weighted by Crippen LogP contribution is 2.32. The number of carbonyl (C=O) groups excluding carboxylic acids is 1. The molecule has 20 heavy (non-hydrogen) atoms. The maximum Gasteiger partial charge on any atom is 0.260 e. The second-order valence-electron chi connectivity index (χ2n) is 4.50. The molecule has 5 heteroatoms. The quantitative estimate of drug-likeness (QED) is 0.811. The number of benzene rings is 2. The summed E-state index contributed by atoms with van der Waals surface area (Å²) in [5, 5.41) is 0. The van der Waals surface area contributed by atoms with E-state index < -0.39 is 5.82 Å². The smallest absolute Gasteiger partial charge is 0.260 e. The zero-order valence-electron chi connectivity index (χ0n) is 10.7. The second-order valence-corrected chi connectivity index (χ2v) is 4.50. The number of nitrogen functional groups attached to an aromatic ring is 1. The maximum absolute atomic E-state index is 13.3. The molecule has 4 nitrogen and oxygen atoms in total. The SMILES string of the molecule is Nc1ccc(F)cc1C(=O)N1CCOc2ccccc21. The van der Waals surface area contributed by atoms with Gasteiger partial charge < -0.3 is 15.4 Å². The van der Waals surface area contributed by atoms with Gasteiger partial charge >= 0.3 is 0 Å². The van der Waals surface area contributed by atoms with Crippen LogP contribution in [0.5, 0.6) is 5.75 Å². The van der Waals surface area contributed by atoms with Crippen LogP contribution in [0.2, 0.25) is 0 Å². The van der Waals surface area contributed by atoms with Crippen LogP contribution in [0.4, 0.5) is 15.8 Å². The maximum atomic E-state index is 13.3. The lowest BCUT2D eigenvalue weighted by Crippen LogP contribution is -2.38. The van der Waals surface area contributed by atoms with Gasteiger partial charge in [0.05, 0.1) is 17.8 Å². The van der Waals surface area contributed by atoms with Crippen LogP contribution in [0.3, 0.4) is 0 Å². The molecule has 102 valence electrons. The minimum absolute atomic E-state index is 0.168. The molecular formula is C15H13FN2O2. The van der Waals surface area contributed by atoms with E-state index in [1.165, 1.54) is 12.1 Å². The van der Waals surface area contributed by atoms with Gasteiger partial charge in [-0.2, -0.15) is 0 Å². The van der Waals surface area contributed by atoms with Gasteiger partial charge in [0, 0.05) is 5.69 Å². The van der Waals surface area contributed by atoms with Crippen LogP contribution in [-0.2, 0) is 0 Å². The van der Waals surface area contributed by atoms with E-state index in [2.05, 4.69) is 0 Å². The normalized spacial score (nSPS) is 13.6. The van der Waals surface area contributed by atoms with E-state index in [9.17, 15) is 9.18 Å². The molecule has 0 fully saturated rings. The number of hydrogen-bond donors (Lipinski definition) is 1. The molecule has 2 aromatic rings. The van der Waals surface area contributed by atoms with Gasteiger partial charge in [-0.1, -0.05) is 12.1 Å². The van der Waals surface area contributed by atoms with Crippen LogP contribution >= 0.6 is 0 Å². The third-order valence-corrected chi connectivity index (χ3v) is 3.22. The predicted octanol–water partition coefficient (Wildman–Crippen LogP) is 2.45. The summed E-state index contributed by atoms with van der Waals surface area (Å²) < 4.78 is 18.8. The summed E-state index contributed by atoms with van der Waals surface area (Å²) in [6.45, 7) is 0.809. The minimum Gasteiger partial charge on any atom is -0.490 e. The van der Waals surface area contributed by atoms with Gasteiger partial charge in [-0.15, -0.1) is 0 Å². The fourth-order valence-corrected chi connectivity index (χ4v) is 2.24. The van der Waals surface area contributed by atoms with Crippen molar-refractivity contribution in [1.82, 2.24) is 0 Å². The summed E-state index contributed by atoms with van der Waals surface area (Å²) in [5.41, 5.74) is 6.88. The van der Waals surface area contributed by atoms with Crippen LogP contribution < -0.4 is 15.4 Å². The summed E-state index contributed by atoms with van der Waals surface area (Å²) in [6.07, 6.45) is 0. The number of nitrogens with two attached hydrogens (primary N) is 1. The fourth-order valence-electron chi connectivity index (χ4n) is 2.24. The van der Waals surface area contributed by atoms with Gasteiger partial charge in [0.1, 0.15) is 18.2 Å². The highest BCUT2D eigenvalue weighted by atomic mass is 19.1. The monoisotopic (exact) mass is 272 g/mol. The zero-order valence-corrected chi connectivity index (χ0v) is 10.7. The number of amides is 1. The molecule has 0 atom stereocenters. The highest BCUT2D eigenvalue weighted by molar-refractivity contribution is 6.10. The van der Waals surface area contributed by atoms with Crippen molar-refractivity contribution in [2.75, 3.05) is 23.8 Å². The van der Waals surface area contributed by atoms with E-state index in [0.29, 0.717) is 24.6 Å². The molecule has 0 saturated carbocycles. The number of anilines is 2. The first-order valence-electron chi connectivity index (χ1n) is 6.25. The molecule has 1 aliphatic heterocycles. The Labute approximate surface area is 115 Å². The molecular weight excluding hydrogens is 259 g/mol. The second kappa shape index (κ2) is 4.85. The number of rotatable bonds is 1. The van der Waals surface area contributed by atoms with Crippen LogP contribution in [-0.4, -0.2) is 19.1 Å². The van der Waals surface area contributed by atoms with E-state index in [4.69, 9.17) is 10.5 Å². The van der Waals surface area contributed by atoms with Crippen LogP contribution in [0, 0.1) is 5.82 Å². The molecule has 0 aliphatic carbocycles. The molecule has 0 spiro atoms. The van der Waals surface area contributed by atoms with Crippen LogP contribution in [0.1, 0.15) is 10.4 Å². The van der Waals surface area contributed by atoms with Crippen molar-refractivity contribution in [2.24, 2.45) is 0 Å². The van der Waals surface area contributed by atoms with Gasteiger partial charge in [-0.3, -0.25) is 4.79 Å². The number of nitrogens with zero attached hydrogens (tertiary/aromatic N) is 1. The van der Waals surface area contributed by atoms with E-state index in [-0.39, 0.29) is 17.2 Å². The van der Waals surface area contributed by atoms with Crippen molar-refractivity contribution in [3.05, 3.63) is 53.8 Å². The summed E-state index contributed by atoms with van der Waals surface area (Å²) in [7, 11) is 0. The zero-order chi connectivity index (χ0) is 14.1. The lowest BCUT2D eigenvalue weighted by molar-refractivity contribution is 0.0977. The van der Waals surface area contributed by atoms with Crippen molar-refractivity contribution >= 4 is 17.3 Å². The average molecular weight is 272 g/mol. The van der Waals surface area contributed by atoms with E-state index >= 15 is 0 Å². The molecule has 0 radical (unpaired) electrons. The topological polar surface area (TPSA) is 55.6 Å². The Bertz CT molecular complexity index is 673. The molecule has 0 bridgehead atoms. The lowest BCUT2D eigenvalue weighted by Gasteiger charge is -2.29. The fraction of sp³-hybridized carbons (Fsp3) is 0.133. The number of halogens is 1. The highest BCUT2D eigenvalue weighted by Gasteiger charge is 2.25. The summed E-state index contributed by atoms with van der Waals surface area (Å²) in [4.78, 5) is 14.1. The summed E-state index contributed by atoms with van der Waals surface area (Å²) in [6, 6.07) is 11.0. The van der Waals surface area contributed by atoms with Gasteiger partial charge in [0.25, 0.3) is 5.91 Å². The van der Waals surface area contributed by atoms with Gasteiger partial charge in [0.15, 0.2) is 0 Å². The Balaban J connectivity index is 2.02. The Morgan fingerprint density at radius 3 is 2.90 bits per heavy atom. The lowest BCUT2D eigenvalue weighted by atomic mass is 10.1. The molecule has 1 heterocycles. The summed E-state index contributed by atoms with van der Waals surface area (Å²) >= 11 is 0. The number of ether oxygens (including phenoxy) is 1. The van der Waals surface area contributed by atoms with Crippen molar-refractivity contribution in [3.63, 3.8) is 0 Å². The average Bonchev–Trinajstić information content (AvgIpc) is 2.48. The van der Waals surface area contributed by atoms with Gasteiger partial charge in [-0.05, 0) is 30.3 Å². The predicted molar refractivity (Wildman–Crippen MR) is 74.4 cm³/mol. The van der Waals surface area contributed by atoms with E-state index in [1.807, 2.05) is 12.1 Å². The van der Waals surface area contributed by atoms with E-state index in [1.54, 1.807) is 17.0 Å². The first kappa shape index (κ1) is 12.5. The van der Waals surface area contributed by atoms with Crippen molar-refractivity contribution < 1.29 is 13.9 Å². The third-order valence-electron chi connectivity index (χ3n) is 3.22. The van der Waals surface area contributed by atoms with Crippen LogP contribution in [0.25, 0.3) is 0 Å². The standard InChI is InChI=1S/C15H13FN2O2/c16-10-5-6-12(17)11(9-10)15(19)18-7-8-20-14-4-2-1-3-13(14)18/h1-6,9H,7-8,17H2. The van der Waals surface area contributed by atoms with Gasteiger partial charge in [0.2, 0.25) is 0 Å². The summed E-state index contributed by atoms with van der Waals surface area (Å²) in [5.74, 6) is -0.163. The first-order valence-corrected chi connectivity index (χ1v) is 6.25. The number of para-hydroxylation sites is 2. The Morgan fingerprint density at radius 2 is 2.05 bits per heavy atom. The van der Waals surface area contributed by atoms with Crippen LogP contribution in [0.15, 0.2) is 42.5 Å². The van der Waals surface area contributed by atoms with E-state index in [0.717, 1.165) is 6.07 Å².